The number of nitrogens with zero attached hydrogens (tertiary/aromatic N) is 2. The number of fused-ring (bicyclic) bond motifs is 1. The van der Waals surface area contributed by atoms with Crippen molar-refractivity contribution in [3.05, 3.63) is 53.6 Å². The van der Waals surface area contributed by atoms with Gasteiger partial charge in [-0.15, -0.1) is 0 Å². The Balaban J connectivity index is 1.59. The zero-order chi connectivity index (χ0) is 22.2. The Morgan fingerprint density at radius 3 is 2.52 bits per heavy atom. The number of sulfone groups is 1. The SMILES string of the molecule is COc1ccc(OC)c(CCN2CC(=O)N(c3cccc(C)c3)C3CS(=O)(=O)CC32)c1. The molecule has 2 fully saturated rings. The summed E-state index contributed by atoms with van der Waals surface area (Å²) in [7, 11) is 0.0110. The van der Waals surface area contributed by atoms with Crippen LogP contribution in [0.5, 0.6) is 11.5 Å². The summed E-state index contributed by atoms with van der Waals surface area (Å²) in [6.45, 7) is 2.72. The van der Waals surface area contributed by atoms with E-state index in [-0.39, 0.29) is 36.0 Å². The zero-order valence-corrected chi connectivity index (χ0v) is 18.9. The first-order valence-electron chi connectivity index (χ1n) is 10.4. The van der Waals surface area contributed by atoms with Crippen molar-refractivity contribution >= 4 is 21.4 Å². The standard InChI is InChI=1S/C23H28N2O5S/c1-16-5-4-6-18(11-16)25-21-15-31(27,28)14-20(21)24(13-23(25)26)10-9-17-12-19(29-2)7-8-22(17)30-3/h4-8,11-12,20-21H,9-10,13-15H2,1-3H3. The van der Waals surface area contributed by atoms with Gasteiger partial charge in [-0.25, -0.2) is 8.42 Å². The molecule has 2 aromatic rings. The quantitative estimate of drug-likeness (QED) is 0.679. The Bertz CT molecular complexity index is 1090. The highest BCUT2D eigenvalue weighted by Crippen LogP contribution is 2.33. The summed E-state index contributed by atoms with van der Waals surface area (Å²) in [4.78, 5) is 16.9. The monoisotopic (exact) mass is 444 g/mol. The summed E-state index contributed by atoms with van der Waals surface area (Å²) in [5.74, 6) is 1.49. The molecule has 7 nitrogen and oxygen atoms in total. The number of piperazine rings is 1. The van der Waals surface area contributed by atoms with E-state index in [2.05, 4.69) is 0 Å². The lowest BCUT2D eigenvalue weighted by Gasteiger charge is -2.43. The molecule has 2 saturated heterocycles. The molecule has 0 bridgehead atoms. The topological polar surface area (TPSA) is 76.2 Å². The molecule has 4 rings (SSSR count). The minimum Gasteiger partial charge on any atom is -0.497 e. The smallest absolute Gasteiger partial charge is 0.241 e. The number of aryl methyl sites for hydroxylation is 1. The van der Waals surface area contributed by atoms with Gasteiger partial charge in [0.25, 0.3) is 0 Å². The second-order valence-corrected chi connectivity index (χ2v) is 10.4. The Morgan fingerprint density at radius 1 is 1.03 bits per heavy atom. The van der Waals surface area contributed by atoms with Crippen LogP contribution < -0.4 is 14.4 Å². The lowest BCUT2D eigenvalue weighted by atomic mass is 10.0. The number of rotatable bonds is 6. The molecule has 2 unspecified atom stereocenters. The molecule has 0 saturated carbocycles. The Labute approximate surface area is 183 Å². The van der Waals surface area contributed by atoms with Gasteiger partial charge in [-0.3, -0.25) is 9.69 Å². The third kappa shape index (κ3) is 4.41. The molecule has 8 heteroatoms. The maximum atomic E-state index is 13.1. The van der Waals surface area contributed by atoms with E-state index in [4.69, 9.17) is 9.47 Å². The van der Waals surface area contributed by atoms with Crippen molar-refractivity contribution in [1.29, 1.82) is 0 Å². The van der Waals surface area contributed by atoms with Gasteiger partial charge in [-0.2, -0.15) is 0 Å². The van der Waals surface area contributed by atoms with E-state index >= 15 is 0 Å². The van der Waals surface area contributed by atoms with E-state index in [1.807, 2.05) is 54.3 Å². The minimum atomic E-state index is -3.22. The van der Waals surface area contributed by atoms with Crippen LogP contribution >= 0.6 is 0 Å². The fourth-order valence-corrected chi connectivity index (χ4v) is 6.64. The highest BCUT2D eigenvalue weighted by molar-refractivity contribution is 7.91. The first kappa shape index (κ1) is 21.6. The Kier molecular flexibility index (Phi) is 5.94. The number of ether oxygens (including phenoxy) is 2. The van der Waals surface area contributed by atoms with Gasteiger partial charge in [0.2, 0.25) is 5.91 Å². The van der Waals surface area contributed by atoms with Crippen LogP contribution in [0.25, 0.3) is 0 Å². The van der Waals surface area contributed by atoms with E-state index < -0.39 is 9.84 Å². The third-order valence-corrected chi connectivity index (χ3v) is 7.84. The highest BCUT2D eigenvalue weighted by Gasteiger charge is 2.49. The molecule has 2 atom stereocenters. The molecule has 0 aliphatic carbocycles. The van der Waals surface area contributed by atoms with Crippen molar-refractivity contribution in [2.45, 2.75) is 25.4 Å². The van der Waals surface area contributed by atoms with Crippen LogP contribution in [0.2, 0.25) is 0 Å². The lowest BCUT2D eigenvalue weighted by molar-refractivity contribution is -0.123. The van der Waals surface area contributed by atoms with Crippen LogP contribution in [-0.2, 0) is 21.1 Å². The number of anilines is 1. The number of amides is 1. The molecule has 0 radical (unpaired) electrons. The minimum absolute atomic E-state index is 0.00364. The van der Waals surface area contributed by atoms with E-state index in [9.17, 15) is 13.2 Å². The molecule has 0 spiro atoms. The number of carbonyl (C=O) groups excluding carboxylic acids is 1. The molecule has 31 heavy (non-hydrogen) atoms. The first-order chi connectivity index (χ1) is 14.8. The van der Waals surface area contributed by atoms with Crippen LogP contribution in [0, 0.1) is 6.92 Å². The van der Waals surface area contributed by atoms with Gasteiger partial charge in [-0.1, -0.05) is 12.1 Å². The average Bonchev–Trinajstić information content (AvgIpc) is 3.06. The summed E-state index contributed by atoms with van der Waals surface area (Å²) in [6, 6.07) is 12.7. The van der Waals surface area contributed by atoms with Crippen LogP contribution in [0.4, 0.5) is 5.69 Å². The Morgan fingerprint density at radius 2 is 1.81 bits per heavy atom. The predicted octanol–water partition coefficient (Wildman–Crippen LogP) is 2.07. The van der Waals surface area contributed by atoms with E-state index in [1.54, 1.807) is 19.1 Å². The van der Waals surface area contributed by atoms with E-state index in [1.165, 1.54) is 0 Å². The van der Waals surface area contributed by atoms with Gasteiger partial charge in [0.05, 0.1) is 38.3 Å². The normalized spacial score (nSPS) is 22.9. The zero-order valence-electron chi connectivity index (χ0n) is 18.1. The van der Waals surface area contributed by atoms with Gasteiger partial charge in [0, 0.05) is 18.3 Å². The van der Waals surface area contributed by atoms with E-state index in [0.29, 0.717) is 13.0 Å². The molecule has 2 aliphatic heterocycles. The van der Waals surface area contributed by atoms with Crippen molar-refractivity contribution in [2.75, 3.05) is 43.7 Å². The van der Waals surface area contributed by atoms with Crippen LogP contribution in [0.15, 0.2) is 42.5 Å². The summed E-state index contributed by atoms with van der Waals surface area (Å²) in [5, 5.41) is 0. The van der Waals surface area contributed by atoms with Crippen molar-refractivity contribution < 1.29 is 22.7 Å². The van der Waals surface area contributed by atoms with Gasteiger partial charge in [0.15, 0.2) is 9.84 Å². The molecule has 0 N–H and O–H groups in total. The van der Waals surface area contributed by atoms with Gasteiger partial charge in [0.1, 0.15) is 11.5 Å². The first-order valence-corrected chi connectivity index (χ1v) is 12.2. The van der Waals surface area contributed by atoms with Crippen molar-refractivity contribution in [2.24, 2.45) is 0 Å². The van der Waals surface area contributed by atoms with Gasteiger partial charge in [-0.05, 0) is 54.8 Å². The molecule has 0 aromatic heterocycles. The lowest BCUT2D eigenvalue weighted by Crippen LogP contribution is -2.62. The fourth-order valence-electron chi connectivity index (χ4n) is 4.66. The summed E-state index contributed by atoms with van der Waals surface area (Å²) in [5.41, 5.74) is 2.77. The fraction of sp³-hybridized carbons (Fsp3) is 0.435. The second-order valence-electron chi connectivity index (χ2n) is 8.21. The predicted molar refractivity (Wildman–Crippen MR) is 120 cm³/mol. The molecule has 2 aliphatic rings. The second kappa shape index (κ2) is 8.51. The summed E-state index contributed by atoms with van der Waals surface area (Å²) >= 11 is 0. The largest absolute Gasteiger partial charge is 0.497 e. The van der Waals surface area contributed by atoms with Gasteiger partial charge < -0.3 is 14.4 Å². The summed E-state index contributed by atoms with van der Waals surface area (Å²) in [6.07, 6.45) is 0.626. The van der Waals surface area contributed by atoms with Crippen molar-refractivity contribution in [1.82, 2.24) is 4.90 Å². The molecule has 166 valence electrons. The summed E-state index contributed by atoms with van der Waals surface area (Å²) < 4.78 is 35.9. The third-order valence-electron chi connectivity index (χ3n) is 6.14. The van der Waals surface area contributed by atoms with Crippen molar-refractivity contribution in [3.63, 3.8) is 0 Å². The van der Waals surface area contributed by atoms with Crippen LogP contribution in [-0.4, -0.2) is 70.1 Å². The number of hydrogen-bond donors (Lipinski definition) is 0. The molecule has 2 heterocycles. The Hall–Kier alpha value is -2.58. The molecule has 2 aromatic carbocycles. The number of carbonyl (C=O) groups is 1. The average molecular weight is 445 g/mol. The molecule has 1 amide bonds. The van der Waals surface area contributed by atoms with Crippen molar-refractivity contribution in [3.8, 4) is 11.5 Å². The number of benzene rings is 2. The number of methoxy groups -OCH3 is 2. The van der Waals surface area contributed by atoms with E-state index in [0.717, 1.165) is 28.3 Å². The molecular formula is C23H28N2O5S. The van der Waals surface area contributed by atoms with Gasteiger partial charge >= 0.3 is 0 Å². The van der Waals surface area contributed by atoms with Crippen LogP contribution in [0.3, 0.4) is 0 Å². The van der Waals surface area contributed by atoms with Crippen LogP contribution in [0.1, 0.15) is 11.1 Å². The maximum Gasteiger partial charge on any atom is 0.241 e. The maximum absolute atomic E-state index is 13.1. The number of hydrogen-bond acceptors (Lipinski definition) is 6. The molecular weight excluding hydrogens is 416 g/mol. The highest BCUT2D eigenvalue weighted by atomic mass is 32.2.